The minimum Gasteiger partial charge on any atom is -0.490 e. The summed E-state index contributed by atoms with van der Waals surface area (Å²) in [4.78, 5) is 15.0. The standard InChI is InChI=1S/C15H19N3O3/c1-4-20-14-7-12(8-19)5-6-13(14)21-9-15-16-10-17-18(15)11(2)3/h5-8,10-11H,4,9H2,1-3H3. The number of aromatic nitrogens is 3. The predicted molar refractivity (Wildman–Crippen MR) is 77.7 cm³/mol. The summed E-state index contributed by atoms with van der Waals surface area (Å²) in [6.07, 6.45) is 2.29. The van der Waals surface area contributed by atoms with Crippen LogP contribution in [0.1, 0.15) is 43.0 Å². The summed E-state index contributed by atoms with van der Waals surface area (Å²) in [6, 6.07) is 5.30. The van der Waals surface area contributed by atoms with E-state index in [4.69, 9.17) is 9.47 Å². The van der Waals surface area contributed by atoms with Gasteiger partial charge in [-0.15, -0.1) is 0 Å². The fourth-order valence-electron chi connectivity index (χ4n) is 1.94. The number of hydrogen-bond acceptors (Lipinski definition) is 5. The highest BCUT2D eigenvalue weighted by Crippen LogP contribution is 2.28. The van der Waals surface area contributed by atoms with Gasteiger partial charge in [0.05, 0.1) is 6.61 Å². The molecule has 0 fully saturated rings. The van der Waals surface area contributed by atoms with Crippen LogP contribution in [0.3, 0.4) is 0 Å². The van der Waals surface area contributed by atoms with E-state index in [2.05, 4.69) is 10.1 Å². The van der Waals surface area contributed by atoms with Gasteiger partial charge in [-0.25, -0.2) is 9.67 Å². The van der Waals surface area contributed by atoms with Crippen molar-refractivity contribution in [2.24, 2.45) is 0 Å². The first-order valence-corrected chi connectivity index (χ1v) is 6.89. The molecule has 21 heavy (non-hydrogen) atoms. The van der Waals surface area contributed by atoms with E-state index in [1.54, 1.807) is 22.9 Å². The molecule has 0 radical (unpaired) electrons. The Balaban J connectivity index is 2.15. The summed E-state index contributed by atoms with van der Waals surface area (Å²) in [5.41, 5.74) is 0.552. The van der Waals surface area contributed by atoms with Crippen molar-refractivity contribution in [3.63, 3.8) is 0 Å². The van der Waals surface area contributed by atoms with Crippen molar-refractivity contribution in [2.75, 3.05) is 6.61 Å². The summed E-state index contributed by atoms with van der Waals surface area (Å²) in [6.45, 7) is 6.73. The number of nitrogens with zero attached hydrogens (tertiary/aromatic N) is 3. The van der Waals surface area contributed by atoms with Crippen LogP contribution in [0, 0.1) is 0 Å². The second-order valence-corrected chi connectivity index (χ2v) is 4.76. The van der Waals surface area contributed by atoms with Gasteiger partial charge in [-0.2, -0.15) is 5.10 Å². The van der Waals surface area contributed by atoms with Crippen LogP contribution in [0.5, 0.6) is 11.5 Å². The number of aldehydes is 1. The highest BCUT2D eigenvalue weighted by atomic mass is 16.5. The smallest absolute Gasteiger partial charge is 0.165 e. The molecule has 1 heterocycles. The molecule has 0 N–H and O–H groups in total. The maximum atomic E-state index is 10.8. The van der Waals surface area contributed by atoms with Gasteiger partial charge in [0, 0.05) is 11.6 Å². The lowest BCUT2D eigenvalue weighted by Crippen LogP contribution is -2.11. The van der Waals surface area contributed by atoms with E-state index >= 15 is 0 Å². The largest absolute Gasteiger partial charge is 0.490 e. The highest BCUT2D eigenvalue weighted by Gasteiger charge is 2.11. The Morgan fingerprint density at radius 2 is 2.10 bits per heavy atom. The SMILES string of the molecule is CCOc1cc(C=O)ccc1OCc1ncnn1C(C)C. The van der Waals surface area contributed by atoms with Gasteiger partial charge < -0.3 is 9.47 Å². The molecule has 6 heteroatoms. The second-order valence-electron chi connectivity index (χ2n) is 4.76. The Labute approximate surface area is 123 Å². The van der Waals surface area contributed by atoms with Crippen molar-refractivity contribution < 1.29 is 14.3 Å². The average Bonchev–Trinajstić information content (AvgIpc) is 2.95. The Morgan fingerprint density at radius 1 is 1.29 bits per heavy atom. The van der Waals surface area contributed by atoms with E-state index in [1.165, 1.54) is 6.33 Å². The number of rotatable bonds is 7. The summed E-state index contributed by atoms with van der Waals surface area (Å²) in [5, 5.41) is 4.16. The first kappa shape index (κ1) is 15.0. The first-order chi connectivity index (χ1) is 10.2. The molecular formula is C15H19N3O3. The normalized spacial score (nSPS) is 10.7. The van der Waals surface area contributed by atoms with Crippen molar-refractivity contribution in [3.8, 4) is 11.5 Å². The molecule has 1 aromatic heterocycles. The molecule has 0 saturated carbocycles. The zero-order chi connectivity index (χ0) is 15.2. The molecule has 0 saturated heterocycles. The van der Waals surface area contributed by atoms with E-state index in [0.29, 0.717) is 30.3 Å². The highest BCUT2D eigenvalue weighted by molar-refractivity contribution is 5.76. The lowest BCUT2D eigenvalue weighted by atomic mass is 10.2. The van der Waals surface area contributed by atoms with Crippen molar-refractivity contribution >= 4 is 6.29 Å². The summed E-state index contributed by atoms with van der Waals surface area (Å²) in [5.74, 6) is 1.88. The number of hydrogen-bond donors (Lipinski definition) is 0. The van der Waals surface area contributed by atoms with Gasteiger partial charge in [0.15, 0.2) is 17.3 Å². The van der Waals surface area contributed by atoms with Crippen LogP contribution < -0.4 is 9.47 Å². The summed E-state index contributed by atoms with van der Waals surface area (Å²) < 4.78 is 13.1. The van der Waals surface area contributed by atoms with Gasteiger partial charge in [-0.05, 0) is 39.0 Å². The van der Waals surface area contributed by atoms with Crippen LogP contribution >= 0.6 is 0 Å². The number of carbonyl (C=O) groups is 1. The van der Waals surface area contributed by atoms with Crippen molar-refractivity contribution in [1.82, 2.24) is 14.8 Å². The van der Waals surface area contributed by atoms with Crippen LogP contribution in [-0.2, 0) is 6.61 Å². The molecule has 2 aromatic rings. The van der Waals surface area contributed by atoms with E-state index in [9.17, 15) is 4.79 Å². The summed E-state index contributed by atoms with van der Waals surface area (Å²) >= 11 is 0. The molecule has 112 valence electrons. The summed E-state index contributed by atoms with van der Waals surface area (Å²) in [7, 11) is 0. The minimum atomic E-state index is 0.218. The Kier molecular flexibility index (Phi) is 4.92. The zero-order valence-electron chi connectivity index (χ0n) is 12.4. The monoisotopic (exact) mass is 289 g/mol. The van der Waals surface area contributed by atoms with Crippen LogP contribution in [-0.4, -0.2) is 27.7 Å². The number of benzene rings is 1. The van der Waals surface area contributed by atoms with Crippen LogP contribution in [0.25, 0.3) is 0 Å². The number of ether oxygens (including phenoxy) is 2. The first-order valence-electron chi connectivity index (χ1n) is 6.89. The third-order valence-corrected chi connectivity index (χ3v) is 2.90. The lowest BCUT2D eigenvalue weighted by Gasteiger charge is -2.13. The molecule has 0 aliphatic rings. The molecule has 0 aliphatic heterocycles. The molecule has 0 aliphatic carbocycles. The zero-order valence-corrected chi connectivity index (χ0v) is 12.4. The molecule has 0 bridgehead atoms. The molecule has 2 rings (SSSR count). The lowest BCUT2D eigenvalue weighted by molar-refractivity contribution is 0.112. The maximum Gasteiger partial charge on any atom is 0.165 e. The maximum absolute atomic E-state index is 10.8. The molecule has 0 unspecified atom stereocenters. The fourth-order valence-corrected chi connectivity index (χ4v) is 1.94. The van der Waals surface area contributed by atoms with Gasteiger partial charge in [-0.1, -0.05) is 0 Å². The minimum absolute atomic E-state index is 0.218. The van der Waals surface area contributed by atoms with Crippen molar-refractivity contribution in [3.05, 3.63) is 35.9 Å². The van der Waals surface area contributed by atoms with Gasteiger partial charge in [0.2, 0.25) is 0 Å². The van der Waals surface area contributed by atoms with E-state index < -0.39 is 0 Å². The molecule has 0 amide bonds. The van der Waals surface area contributed by atoms with Gasteiger partial charge in [0.1, 0.15) is 19.2 Å². The molecule has 0 spiro atoms. The van der Waals surface area contributed by atoms with Crippen LogP contribution in [0.4, 0.5) is 0 Å². The fraction of sp³-hybridized carbons (Fsp3) is 0.400. The Hall–Kier alpha value is -2.37. The quantitative estimate of drug-likeness (QED) is 0.733. The topological polar surface area (TPSA) is 66.2 Å². The third kappa shape index (κ3) is 3.59. The predicted octanol–water partition coefficient (Wildman–Crippen LogP) is 2.65. The average molecular weight is 289 g/mol. The third-order valence-electron chi connectivity index (χ3n) is 2.90. The van der Waals surface area contributed by atoms with Gasteiger partial charge in [-0.3, -0.25) is 4.79 Å². The molecular weight excluding hydrogens is 270 g/mol. The van der Waals surface area contributed by atoms with Crippen LogP contribution in [0.2, 0.25) is 0 Å². The van der Waals surface area contributed by atoms with Gasteiger partial charge in [0.25, 0.3) is 0 Å². The van der Waals surface area contributed by atoms with Crippen molar-refractivity contribution in [2.45, 2.75) is 33.4 Å². The van der Waals surface area contributed by atoms with E-state index in [0.717, 1.165) is 12.1 Å². The van der Waals surface area contributed by atoms with Crippen LogP contribution in [0.15, 0.2) is 24.5 Å². The van der Waals surface area contributed by atoms with Gasteiger partial charge >= 0.3 is 0 Å². The molecule has 6 nitrogen and oxygen atoms in total. The molecule has 1 aromatic carbocycles. The Bertz CT molecular complexity index is 608. The number of carbonyl (C=O) groups excluding carboxylic acids is 1. The van der Waals surface area contributed by atoms with Crippen molar-refractivity contribution in [1.29, 1.82) is 0 Å². The second kappa shape index (κ2) is 6.88. The van der Waals surface area contributed by atoms with E-state index in [1.807, 2.05) is 20.8 Å². The Morgan fingerprint density at radius 3 is 2.76 bits per heavy atom. The van der Waals surface area contributed by atoms with E-state index in [-0.39, 0.29) is 6.04 Å². The molecule has 0 atom stereocenters.